The second-order valence-electron chi connectivity index (χ2n) is 4.39. The highest BCUT2D eigenvalue weighted by Crippen LogP contribution is 2.31. The highest BCUT2D eigenvalue weighted by atomic mass is 35.5. The molecule has 1 nitrogen and oxygen atoms in total. The lowest BCUT2D eigenvalue weighted by atomic mass is 9.88. The minimum Gasteiger partial charge on any atom is -0.312 e. The Labute approximate surface area is 102 Å². The van der Waals surface area contributed by atoms with Gasteiger partial charge in [0, 0.05) is 13.1 Å². The number of fused-ring (bicyclic) bond motifs is 3. The van der Waals surface area contributed by atoms with Crippen molar-refractivity contribution in [1.82, 2.24) is 5.32 Å². The van der Waals surface area contributed by atoms with Crippen LogP contribution < -0.4 is 5.32 Å². The van der Waals surface area contributed by atoms with Crippen LogP contribution in [-0.4, -0.2) is 6.54 Å². The van der Waals surface area contributed by atoms with Crippen LogP contribution >= 0.6 is 12.4 Å². The fraction of sp³-hybridized carbons (Fsp3) is 0.286. The molecule has 84 valence electrons. The van der Waals surface area contributed by atoms with Crippen LogP contribution in [0, 0.1) is 0 Å². The molecule has 1 aliphatic rings. The first-order chi connectivity index (χ1) is 7.36. The molecule has 0 fully saturated rings. The van der Waals surface area contributed by atoms with Crippen molar-refractivity contribution in [3.63, 3.8) is 0 Å². The molecule has 0 amide bonds. The average Bonchev–Trinajstić information content (AvgIpc) is 2.29. The molecule has 0 radical (unpaired) electrons. The molecular formula is C14H16ClN. The molecule has 0 bridgehead atoms. The molecule has 1 unspecified atom stereocenters. The third kappa shape index (κ3) is 1.70. The van der Waals surface area contributed by atoms with Gasteiger partial charge >= 0.3 is 0 Å². The Hall–Kier alpha value is -1.05. The first-order valence-corrected chi connectivity index (χ1v) is 5.57. The van der Waals surface area contributed by atoms with Crippen molar-refractivity contribution < 1.29 is 0 Å². The molecular weight excluding hydrogens is 218 g/mol. The minimum atomic E-state index is 0. The van der Waals surface area contributed by atoms with Gasteiger partial charge in [-0.2, -0.15) is 0 Å². The molecule has 1 heterocycles. The summed E-state index contributed by atoms with van der Waals surface area (Å²) in [5.74, 6) is 0.625. The molecule has 16 heavy (non-hydrogen) atoms. The van der Waals surface area contributed by atoms with Crippen molar-refractivity contribution in [3.05, 3.63) is 47.5 Å². The van der Waals surface area contributed by atoms with E-state index >= 15 is 0 Å². The van der Waals surface area contributed by atoms with Gasteiger partial charge in [-0.15, -0.1) is 12.4 Å². The van der Waals surface area contributed by atoms with Crippen molar-refractivity contribution >= 4 is 23.2 Å². The van der Waals surface area contributed by atoms with Gasteiger partial charge in [-0.05, 0) is 27.8 Å². The first-order valence-electron chi connectivity index (χ1n) is 5.57. The van der Waals surface area contributed by atoms with Crippen LogP contribution in [-0.2, 0) is 6.54 Å². The van der Waals surface area contributed by atoms with Crippen LogP contribution in [0.5, 0.6) is 0 Å². The lowest BCUT2D eigenvalue weighted by molar-refractivity contribution is 0.575. The third-order valence-corrected chi connectivity index (χ3v) is 3.32. The molecule has 0 saturated heterocycles. The van der Waals surface area contributed by atoms with E-state index in [0.29, 0.717) is 5.92 Å². The summed E-state index contributed by atoms with van der Waals surface area (Å²) in [5.41, 5.74) is 3.01. The zero-order valence-corrected chi connectivity index (χ0v) is 10.2. The van der Waals surface area contributed by atoms with E-state index in [1.807, 2.05) is 0 Å². The number of hydrogen-bond acceptors (Lipinski definition) is 1. The Morgan fingerprint density at radius 3 is 2.81 bits per heavy atom. The van der Waals surface area contributed by atoms with Crippen molar-refractivity contribution in [3.8, 4) is 0 Å². The standard InChI is InChI=1S/C14H15N.ClH/c1-10-8-15-9-12-7-6-11-4-2-3-5-13(11)14(10)12;/h2-7,10,15H,8-9H2,1H3;1H. The zero-order valence-electron chi connectivity index (χ0n) is 9.36. The predicted octanol–water partition coefficient (Wildman–Crippen LogP) is 3.47. The number of hydrogen-bond donors (Lipinski definition) is 1. The minimum absolute atomic E-state index is 0. The van der Waals surface area contributed by atoms with Crippen LogP contribution in [0.4, 0.5) is 0 Å². The van der Waals surface area contributed by atoms with E-state index < -0.39 is 0 Å². The van der Waals surface area contributed by atoms with E-state index in [4.69, 9.17) is 0 Å². The lowest BCUT2D eigenvalue weighted by Gasteiger charge is -2.25. The maximum atomic E-state index is 3.46. The second-order valence-corrected chi connectivity index (χ2v) is 4.39. The third-order valence-electron chi connectivity index (χ3n) is 3.32. The van der Waals surface area contributed by atoms with E-state index in [9.17, 15) is 0 Å². The van der Waals surface area contributed by atoms with E-state index in [1.54, 1.807) is 5.56 Å². The van der Waals surface area contributed by atoms with Gasteiger partial charge in [-0.1, -0.05) is 43.3 Å². The smallest absolute Gasteiger partial charge is 0.0208 e. The summed E-state index contributed by atoms with van der Waals surface area (Å²) in [5, 5.41) is 6.26. The molecule has 3 rings (SSSR count). The van der Waals surface area contributed by atoms with Crippen molar-refractivity contribution in [1.29, 1.82) is 0 Å². The Balaban J connectivity index is 0.000000963. The van der Waals surface area contributed by atoms with Crippen LogP contribution in [0.25, 0.3) is 10.8 Å². The second kappa shape index (κ2) is 4.44. The van der Waals surface area contributed by atoms with Crippen LogP contribution in [0.3, 0.4) is 0 Å². The number of benzene rings is 2. The van der Waals surface area contributed by atoms with Gasteiger partial charge in [0.2, 0.25) is 0 Å². The highest BCUT2D eigenvalue weighted by molar-refractivity contribution is 5.87. The molecule has 0 spiro atoms. The Bertz CT molecular complexity index is 507. The maximum Gasteiger partial charge on any atom is 0.0208 e. The topological polar surface area (TPSA) is 12.0 Å². The Morgan fingerprint density at radius 1 is 1.12 bits per heavy atom. The largest absolute Gasteiger partial charge is 0.312 e. The Morgan fingerprint density at radius 2 is 1.94 bits per heavy atom. The van der Waals surface area contributed by atoms with Crippen LogP contribution in [0.15, 0.2) is 36.4 Å². The molecule has 2 heteroatoms. The van der Waals surface area contributed by atoms with E-state index in [0.717, 1.165) is 13.1 Å². The Kier molecular flexibility index (Phi) is 3.17. The van der Waals surface area contributed by atoms with Crippen molar-refractivity contribution in [2.75, 3.05) is 6.54 Å². The fourth-order valence-corrected chi connectivity index (χ4v) is 2.60. The monoisotopic (exact) mass is 233 g/mol. The van der Waals surface area contributed by atoms with E-state index in [1.165, 1.54) is 16.3 Å². The summed E-state index contributed by atoms with van der Waals surface area (Å²) in [6.45, 7) is 4.42. The van der Waals surface area contributed by atoms with Gasteiger partial charge in [0.05, 0.1) is 0 Å². The van der Waals surface area contributed by atoms with Gasteiger partial charge in [-0.25, -0.2) is 0 Å². The average molecular weight is 234 g/mol. The molecule has 0 aliphatic carbocycles. The SMILES string of the molecule is CC1CNCc2ccc3ccccc3c21.Cl. The summed E-state index contributed by atoms with van der Waals surface area (Å²) < 4.78 is 0. The van der Waals surface area contributed by atoms with Crippen molar-refractivity contribution in [2.45, 2.75) is 19.4 Å². The molecule has 1 N–H and O–H groups in total. The number of rotatable bonds is 0. The molecule has 0 saturated carbocycles. The fourth-order valence-electron chi connectivity index (χ4n) is 2.60. The van der Waals surface area contributed by atoms with Gasteiger partial charge in [-0.3, -0.25) is 0 Å². The predicted molar refractivity (Wildman–Crippen MR) is 71.3 cm³/mol. The summed E-state index contributed by atoms with van der Waals surface area (Å²) in [6.07, 6.45) is 0. The summed E-state index contributed by atoms with van der Waals surface area (Å²) in [6, 6.07) is 13.2. The van der Waals surface area contributed by atoms with Crippen LogP contribution in [0.2, 0.25) is 0 Å². The molecule has 1 aliphatic heterocycles. The molecule has 2 aromatic rings. The van der Waals surface area contributed by atoms with E-state index in [2.05, 4.69) is 48.6 Å². The van der Waals surface area contributed by atoms with Gasteiger partial charge in [0.1, 0.15) is 0 Å². The highest BCUT2D eigenvalue weighted by Gasteiger charge is 2.17. The zero-order chi connectivity index (χ0) is 10.3. The molecule has 1 atom stereocenters. The summed E-state index contributed by atoms with van der Waals surface area (Å²) >= 11 is 0. The first kappa shape index (κ1) is 11.4. The number of halogens is 1. The maximum absolute atomic E-state index is 3.46. The summed E-state index contributed by atoms with van der Waals surface area (Å²) in [7, 11) is 0. The van der Waals surface area contributed by atoms with Crippen LogP contribution in [0.1, 0.15) is 24.0 Å². The normalized spacial score (nSPS) is 18.9. The van der Waals surface area contributed by atoms with E-state index in [-0.39, 0.29) is 12.4 Å². The molecule has 2 aromatic carbocycles. The van der Waals surface area contributed by atoms with Crippen molar-refractivity contribution in [2.24, 2.45) is 0 Å². The van der Waals surface area contributed by atoms with Gasteiger partial charge < -0.3 is 5.32 Å². The van der Waals surface area contributed by atoms with Gasteiger partial charge in [0.15, 0.2) is 0 Å². The quantitative estimate of drug-likeness (QED) is 0.735. The molecule has 0 aromatic heterocycles. The van der Waals surface area contributed by atoms with Gasteiger partial charge in [0.25, 0.3) is 0 Å². The summed E-state index contributed by atoms with van der Waals surface area (Å²) in [4.78, 5) is 0. The number of nitrogens with one attached hydrogen (secondary N) is 1. The lowest BCUT2D eigenvalue weighted by Crippen LogP contribution is -2.26.